The molecule has 0 radical (unpaired) electrons. The third-order valence-electron chi connectivity index (χ3n) is 8.70. The van der Waals surface area contributed by atoms with Crippen LogP contribution in [-0.4, -0.2) is 17.6 Å². The standard InChI is InChI=1S/C37H29N3O2/c1-42-27-21-19-26(20-22-27)24-40-33-18-10-7-15-30(33)37(36(40)41)34-29-14-6-9-17-32(29)39(23-25-11-3-2-4-12-25)35(34)28-13-5-8-16-31(28)38-37/h2-22,38H,23-24H2,1H3. The van der Waals surface area contributed by atoms with Crippen LogP contribution in [0, 0.1) is 0 Å². The third kappa shape index (κ3) is 3.46. The predicted octanol–water partition coefficient (Wildman–Crippen LogP) is 7.58. The Balaban J connectivity index is 1.39. The Morgan fingerprint density at radius 3 is 2.24 bits per heavy atom. The molecule has 1 unspecified atom stereocenters. The maximum Gasteiger partial charge on any atom is 0.262 e. The van der Waals surface area contributed by atoms with E-state index >= 15 is 4.79 Å². The molecule has 0 saturated carbocycles. The van der Waals surface area contributed by atoms with Crippen molar-refractivity contribution in [2.24, 2.45) is 0 Å². The first-order valence-corrected chi connectivity index (χ1v) is 14.3. The van der Waals surface area contributed by atoms with Crippen molar-refractivity contribution in [2.75, 3.05) is 17.3 Å². The SMILES string of the molecule is COc1ccc(CN2C(=O)C3(Nc4ccccc4-c4c3c3ccccc3n4Cc3ccccc3)c3ccccc32)cc1. The lowest BCUT2D eigenvalue weighted by Crippen LogP contribution is -2.48. The summed E-state index contributed by atoms with van der Waals surface area (Å²) in [7, 11) is 1.66. The van der Waals surface area contributed by atoms with Gasteiger partial charge in [-0.1, -0.05) is 97.1 Å². The maximum absolute atomic E-state index is 15.1. The summed E-state index contributed by atoms with van der Waals surface area (Å²) in [6.07, 6.45) is 0. The second kappa shape index (κ2) is 9.38. The molecule has 1 spiro atoms. The maximum atomic E-state index is 15.1. The minimum atomic E-state index is -1.08. The van der Waals surface area contributed by atoms with Gasteiger partial charge in [-0.25, -0.2) is 0 Å². The number of methoxy groups -OCH3 is 1. The molecule has 8 rings (SSSR count). The predicted molar refractivity (Wildman–Crippen MR) is 168 cm³/mol. The molecule has 1 N–H and O–H groups in total. The van der Waals surface area contributed by atoms with Gasteiger partial charge in [-0.15, -0.1) is 0 Å². The third-order valence-corrected chi connectivity index (χ3v) is 8.70. The molecule has 3 heterocycles. The van der Waals surface area contributed by atoms with Gasteiger partial charge in [0, 0.05) is 39.8 Å². The number of anilines is 2. The molecule has 1 aromatic heterocycles. The highest BCUT2D eigenvalue weighted by molar-refractivity contribution is 6.17. The second-order valence-electron chi connectivity index (χ2n) is 11.0. The molecule has 5 heteroatoms. The smallest absolute Gasteiger partial charge is 0.262 e. The zero-order valence-electron chi connectivity index (χ0n) is 23.2. The summed E-state index contributed by atoms with van der Waals surface area (Å²) < 4.78 is 7.76. The van der Waals surface area contributed by atoms with Crippen LogP contribution in [-0.2, 0) is 23.4 Å². The van der Waals surface area contributed by atoms with Crippen molar-refractivity contribution in [3.05, 3.63) is 150 Å². The number of carbonyl (C=O) groups excluding carboxylic acids is 1. The van der Waals surface area contributed by atoms with Crippen LogP contribution in [0.4, 0.5) is 11.4 Å². The number of nitrogens with one attached hydrogen (secondary N) is 1. The molecule has 6 aromatic rings. The fraction of sp³-hybridized carbons (Fsp3) is 0.108. The Morgan fingerprint density at radius 1 is 0.714 bits per heavy atom. The number of hydrogen-bond acceptors (Lipinski definition) is 3. The quantitative estimate of drug-likeness (QED) is 0.242. The lowest BCUT2D eigenvalue weighted by atomic mass is 9.77. The number of nitrogens with zero attached hydrogens (tertiary/aromatic N) is 2. The monoisotopic (exact) mass is 547 g/mol. The fourth-order valence-corrected chi connectivity index (χ4v) is 6.84. The summed E-state index contributed by atoms with van der Waals surface area (Å²) in [5.74, 6) is 0.822. The Bertz CT molecular complexity index is 1980. The van der Waals surface area contributed by atoms with Crippen molar-refractivity contribution in [2.45, 2.75) is 18.6 Å². The van der Waals surface area contributed by atoms with Crippen LogP contribution in [0.25, 0.3) is 22.2 Å². The summed E-state index contributed by atoms with van der Waals surface area (Å²) in [5, 5.41) is 4.90. The summed E-state index contributed by atoms with van der Waals surface area (Å²) in [6.45, 7) is 1.16. The molecule has 2 aliphatic heterocycles. The molecule has 42 heavy (non-hydrogen) atoms. The largest absolute Gasteiger partial charge is 0.497 e. The van der Waals surface area contributed by atoms with Crippen LogP contribution in [0.1, 0.15) is 22.3 Å². The van der Waals surface area contributed by atoms with Crippen LogP contribution in [0.3, 0.4) is 0 Å². The van der Waals surface area contributed by atoms with Gasteiger partial charge in [0.1, 0.15) is 5.75 Å². The lowest BCUT2D eigenvalue weighted by molar-refractivity contribution is -0.121. The van der Waals surface area contributed by atoms with E-state index in [0.717, 1.165) is 56.0 Å². The molecule has 1 amide bonds. The van der Waals surface area contributed by atoms with Gasteiger partial charge in [-0.05, 0) is 41.5 Å². The van der Waals surface area contributed by atoms with Gasteiger partial charge in [0.2, 0.25) is 0 Å². The van der Waals surface area contributed by atoms with E-state index < -0.39 is 5.54 Å². The van der Waals surface area contributed by atoms with Crippen molar-refractivity contribution in [1.29, 1.82) is 0 Å². The van der Waals surface area contributed by atoms with Crippen LogP contribution in [0.5, 0.6) is 5.75 Å². The van der Waals surface area contributed by atoms with E-state index in [4.69, 9.17) is 4.74 Å². The summed E-state index contributed by atoms with van der Waals surface area (Å²) >= 11 is 0. The first-order valence-electron chi connectivity index (χ1n) is 14.3. The number of carbonyl (C=O) groups is 1. The zero-order valence-corrected chi connectivity index (χ0v) is 23.2. The number of para-hydroxylation sites is 3. The Morgan fingerprint density at radius 2 is 1.40 bits per heavy atom. The molecule has 2 aliphatic rings. The normalized spacial score (nSPS) is 16.7. The van der Waals surface area contributed by atoms with Gasteiger partial charge in [0.25, 0.3) is 5.91 Å². The summed E-state index contributed by atoms with van der Waals surface area (Å²) in [5.41, 5.74) is 8.35. The molecule has 204 valence electrons. The highest BCUT2D eigenvalue weighted by atomic mass is 16.5. The molecular weight excluding hydrogens is 518 g/mol. The number of aromatic nitrogens is 1. The average Bonchev–Trinajstić information content (AvgIpc) is 3.49. The van der Waals surface area contributed by atoms with Gasteiger partial charge < -0.3 is 19.5 Å². The minimum absolute atomic E-state index is 0.0258. The summed E-state index contributed by atoms with van der Waals surface area (Å²) in [4.78, 5) is 17.0. The van der Waals surface area contributed by atoms with Gasteiger partial charge in [0.15, 0.2) is 5.54 Å². The van der Waals surface area contributed by atoms with Crippen LogP contribution in [0.15, 0.2) is 127 Å². The second-order valence-corrected chi connectivity index (χ2v) is 11.0. The Kier molecular flexibility index (Phi) is 5.47. The van der Waals surface area contributed by atoms with E-state index in [9.17, 15) is 0 Å². The van der Waals surface area contributed by atoms with Crippen LogP contribution >= 0.6 is 0 Å². The average molecular weight is 548 g/mol. The van der Waals surface area contributed by atoms with Gasteiger partial charge in [0.05, 0.1) is 25.0 Å². The lowest BCUT2D eigenvalue weighted by Gasteiger charge is -2.37. The number of ether oxygens (including phenoxy) is 1. The molecule has 0 bridgehead atoms. The van der Waals surface area contributed by atoms with E-state index in [-0.39, 0.29) is 5.91 Å². The van der Waals surface area contributed by atoms with E-state index in [0.29, 0.717) is 13.1 Å². The zero-order chi connectivity index (χ0) is 28.3. The number of rotatable bonds is 5. The van der Waals surface area contributed by atoms with Gasteiger partial charge in [-0.3, -0.25) is 4.79 Å². The van der Waals surface area contributed by atoms with Gasteiger partial charge in [-0.2, -0.15) is 0 Å². The minimum Gasteiger partial charge on any atom is -0.497 e. The molecule has 0 fully saturated rings. The number of fused-ring (bicyclic) bond motifs is 8. The van der Waals surface area contributed by atoms with E-state index in [1.165, 1.54) is 5.56 Å². The van der Waals surface area contributed by atoms with E-state index in [1.807, 2.05) is 53.4 Å². The van der Waals surface area contributed by atoms with Crippen molar-refractivity contribution in [1.82, 2.24) is 4.57 Å². The van der Waals surface area contributed by atoms with E-state index in [2.05, 4.69) is 88.7 Å². The Labute approximate surface area is 244 Å². The molecule has 1 atom stereocenters. The first-order chi connectivity index (χ1) is 20.7. The Hall–Kier alpha value is -5.29. The van der Waals surface area contributed by atoms with Crippen LogP contribution in [0.2, 0.25) is 0 Å². The van der Waals surface area contributed by atoms with Crippen molar-refractivity contribution in [3.63, 3.8) is 0 Å². The molecule has 5 nitrogen and oxygen atoms in total. The fourth-order valence-electron chi connectivity index (χ4n) is 6.84. The molecule has 0 saturated heterocycles. The molecule has 0 aliphatic carbocycles. The van der Waals surface area contributed by atoms with Crippen molar-refractivity contribution in [3.8, 4) is 17.0 Å². The van der Waals surface area contributed by atoms with Crippen molar-refractivity contribution >= 4 is 28.2 Å². The highest BCUT2D eigenvalue weighted by Gasteiger charge is 2.56. The highest BCUT2D eigenvalue weighted by Crippen LogP contribution is 2.56. The van der Waals surface area contributed by atoms with E-state index in [1.54, 1.807) is 7.11 Å². The summed E-state index contributed by atoms with van der Waals surface area (Å²) in [6, 6.07) is 43.6. The van der Waals surface area contributed by atoms with Crippen molar-refractivity contribution < 1.29 is 9.53 Å². The topological polar surface area (TPSA) is 46.5 Å². The molecular formula is C37H29N3O2. The number of hydrogen-bond donors (Lipinski definition) is 1. The van der Waals surface area contributed by atoms with Gasteiger partial charge >= 0.3 is 0 Å². The molecule has 5 aromatic carbocycles. The first kappa shape index (κ1) is 24.5. The number of benzene rings is 5. The number of amides is 1. The van der Waals surface area contributed by atoms with Crippen LogP contribution < -0.4 is 15.0 Å².